The zero-order valence-corrected chi connectivity index (χ0v) is 14.2. The Morgan fingerprint density at radius 1 is 1.30 bits per heavy atom. The summed E-state index contributed by atoms with van der Waals surface area (Å²) >= 11 is 7.26. The highest BCUT2D eigenvalue weighted by molar-refractivity contribution is 9.24. The largest absolute Gasteiger partial charge is 0.291 e. The standard InChI is InChI=1S/C15H14Br2N2O/c1-10-7-8-15(16,17)14-18-9-12(13(20)19(10)14)11-5-3-2-4-6-11/h2-6,9-10H,7-8H2,1H3. The normalized spacial score (nSPS) is 20.4. The van der Waals surface area contributed by atoms with Crippen LogP contribution in [0, 0.1) is 0 Å². The minimum Gasteiger partial charge on any atom is -0.291 e. The van der Waals surface area contributed by atoms with Gasteiger partial charge in [-0.2, -0.15) is 0 Å². The molecule has 1 unspecified atom stereocenters. The highest BCUT2D eigenvalue weighted by Gasteiger charge is 2.37. The van der Waals surface area contributed by atoms with Crippen molar-refractivity contribution in [2.24, 2.45) is 0 Å². The second kappa shape index (κ2) is 5.11. The van der Waals surface area contributed by atoms with Gasteiger partial charge in [-0.15, -0.1) is 0 Å². The minimum absolute atomic E-state index is 0.0247. The summed E-state index contributed by atoms with van der Waals surface area (Å²) in [6.45, 7) is 2.07. The molecule has 1 atom stereocenters. The molecule has 20 heavy (non-hydrogen) atoms. The van der Waals surface area contributed by atoms with Gasteiger partial charge in [-0.05, 0) is 25.3 Å². The van der Waals surface area contributed by atoms with E-state index in [0.29, 0.717) is 5.56 Å². The van der Waals surface area contributed by atoms with E-state index in [9.17, 15) is 4.79 Å². The van der Waals surface area contributed by atoms with E-state index in [1.807, 2.05) is 30.3 Å². The average Bonchev–Trinajstić information content (AvgIpc) is 2.44. The Labute approximate surface area is 134 Å². The van der Waals surface area contributed by atoms with Crippen molar-refractivity contribution in [1.82, 2.24) is 9.55 Å². The van der Waals surface area contributed by atoms with Crippen LogP contribution in [0.2, 0.25) is 0 Å². The van der Waals surface area contributed by atoms with Gasteiger partial charge in [0.25, 0.3) is 5.56 Å². The number of benzene rings is 1. The smallest absolute Gasteiger partial charge is 0.261 e. The Morgan fingerprint density at radius 2 is 2.00 bits per heavy atom. The maximum atomic E-state index is 12.8. The highest BCUT2D eigenvalue weighted by Crippen LogP contribution is 2.46. The molecule has 3 rings (SSSR count). The molecule has 0 saturated carbocycles. The fourth-order valence-corrected chi connectivity index (χ4v) is 3.64. The quantitative estimate of drug-likeness (QED) is 0.675. The zero-order valence-electron chi connectivity index (χ0n) is 11.0. The number of rotatable bonds is 1. The van der Waals surface area contributed by atoms with Crippen molar-refractivity contribution in [3.63, 3.8) is 0 Å². The molecule has 0 fully saturated rings. The van der Waals surface area contributed by atoms with E-state index in [-0.39, 0.29) is 11.6 Å². The predicted molar refractivity (Wildman–Crippen MR) is 87.4 cm³/mol. The van der Waals surface area contributed by atoms with E-state index in [2.05, 4.69) is 43.8 Å². The lowest BCUT2D eigenvalue weighted by Crippen LogP contribution is -2.37. The molecule has 0 N–H and O–H groups in total. The first-order valence-corrected chi connectivity index (χ1v) is 8.14. The third-order valence-corrected chi connectivity index (χ3v) is 5.22. The van der Waals surface area contributed by atoms with E-state index in [0.717, 1.165) is 24.2 Å². The van der Waals surface area contributed by atoms with Crippen LogP contribution >= 0.6 is 31.9 Å². The van der Waals surface area contributed by atoms with Gasteiger partial charge in [-0.3, -0.25) is 9.36 Å². The molecule has 0 spiro atoms. The molecular formula is C15H14Br2N2O. The van der Waals surface area contributed by atoms with E-state index < -0.39 is 3.23 Å². The summed E-state index contributed by atoms with van der Waals surface area (Å²) in [5, 5.41) is 0. The van der Waals surface area contributed by atoms with Gasteiger partial charge in [0.1, 0.15) is 9.06 Å². The van der Waals surface area contributed by atoms with Crippen LogP contribution in [-0.2, 0) is 3.23 Å². The Bertz CT molecular complexity index is 695. The summed E-state index contributed by atoms with van der Waals surface area (Å²) in [4.78, 5) is 17.3. The fraction of sp³-hybridized carbons (Fsp3) is 0.333. The van der Waals surface area contributed by atoms with E-state index in [4.69, 9.17) is 0 Å². The third-order valence-electron chi connectivity index (χ3n) is 3.72. The molecule has 0 amide bonds. The molecule has 1 aromatic heterocycles. The molecule has 2 aromatic rings. The first-order valence-electron chi connectivity index (χ1n) is 6.56. The van der Waals surface area contributed by atoms with Crippen molar-refractivity contribution in [3.05, 3.63) is 52.7 Å². The van der Waals surface area contributed by atoms with E-state index >= 15 is 0 Å². The van der Waals surface area contributed by atoms with Crippen molar-refractivity contribution >= 4 is 31.9 Å². The van der Waals surface area contributed by atoms with Crippen LogP contribution in [0.5, 0.6) is 0 Å². The van der Waals surface area contributed by atoms with Gasteiger partial charge in [0.15, 0.2) is 0 Å². The predicted octanol–water partition coefficient (Wildman–Crippen LogP) is 4.21. The molecule has 0 aliphatic carbocycles. The lowest BCUT2D eigenvalue weighted by molar-refractivity contribution is 0.394. The van der Waals surface area contributed by atoms with Crippen LogP contribution < -0.4 is 5.56 Å². The monoisotopic (exact) mass is 396 g/mol. The van der Waals surface area contributed by atoms with Crippen molar-refractivity contribution in [2.45, 2.75) is 29.0 Å². The Kier molecular flexibility index (Phi) is 3.58. The molecule has 3 nitrogen and oxygen atoms in total. The van der Waals surface area contributed by atoms with Crippen LogP contribution in [-0.4, -0.2) is 9.55 Å². The van der Waals surface area contributed by atoms with Gasteiger partial charge >= 0.3 is 0 Å². The molecule has 1 aliphatic heterocycles. The van der Waals surface area contributed by atoms with Crippen molar-refractivity contribution in [2.75, 3.05) is 0 Å². The highest BCUT2D eigenvalue weighted by atomic mass is 79.9. The topological polar surface area (TPSA) is 34.9 Å². The van der Waals surface area contributed by atoms with Crippen LogP contribution in [0.15, 0.2) is 41.3 Å². The molecule has 1 aliphatic rings. The van der Waals surface area contributed by atoms with Crippen molar-refractivity contribution in [1.29, 1.82) is 0 Å². The first-order chi connectivity index (χ1) is 9.50. The van der Waals surface area contributed by atoms with Gasteiger partial charge in [-0.25, -0.2) is 4.98 Å². The number of hydrogen-bond donors (Lipinski definition) is 0. The number of halogens is 2. The molecule has 0 bridgehead atoms. The summed E-state index contributed by atoms with van der Waals surface area (Å²) in [7, 11) is 0. The second-order valence-electron chi connectivity index (χ2n) is 5.13. The molecule has 5 heteroatoms. The SMILES string of the molecule is CC1CCC(Br)(Br)c2ncc(-c3ccccc3)c(=O)n21. The maximum absolute atomic E-state index is 12.8. The van der Waals surface area contributed by atoms with Crippen LogP contribution in [0.3, 0.4) is 0 Å². The molecule has 104 valence electrons. The van der Waals surface area contributed by atoms with E-state index in [1.165, 1.54) is 0 Å². The van der Waals surface area contributed by atoms with Crippen LogP contribution in [0.25, 0.3) is 11.1 Å². The molecule has 2 heterocycles. The van der Waals surface area contributed by atoms with Gasteiger partial charge < -0.3 is 0 Å². The lowest BCUT2D eigenvalue weighted by atomic mass is 10.0. The first kappa shape index (κ1) is 14.0. The molecule has 1 aromatic carbocycles. The van der Waals surface area contributed by atoms with Crippen LogP contribution in [0.4, 0.5) is 0 Å². The van der Waals surface area contributed by atoms with Gasteiger partial charge in [0.05, 0.1) is 5.56 Å². The Morgan fingerprint density at radius 3 is 2.70 bits per heavy atom. The number of nitrogens with zero attached hydrogens (tertiary/aromatic N) is 2. The zero-order chi connectivity index (χ0) is 14.3. The van der Waals surface area contributed by atoms with Gasteiger partial charge in [-0.1, -0.05) is 62.2 Å². The summed E-state index contributed by atoms with van der Waals surface area (Å²) in [6.07, 6.45) is 3.52. The Hall–Kier alpha value is -0.940. The number of fused-ring (bicyclic) bond motifs is 1. The van der Waals surface area contributed by atoms with Crippen molar-refractivity contribution in [3.8, 4) is 11.1 Å². The fourth-order valence-electron chi connectivity index (χ4n) is 2.60. The molecule has 0 radical (unpaired) electrons. The number of hydrogen-bond acceptors (Lipinski definition) is 2. The number of aromatic nitrogens is 2. The molecular weight excluding hydrogens is 384 g/mol. The summed E-state index contributed by atoms with van der Waals surface area (Å²) in [6, 6.07) is 9.85. The summed E-state index contributed by atoms with van der Waals surface area (Å²) < 4.78 is 1.40. The van der Waals surface area contributed by atoms with Gasteiger partial charge in [0, 0.05) is 12.2 Å². The average molecular weight is 398 g/mol. The minimum atomic E-state index is -0.402. The molecule has 0 saturated heterocycles. The third kappa shape index (κ3) is 2.27. The van der Waals surface area contributed by atoms with E-state index in [1.54, 1.807) is 10.8 Å². The lowest BCUT2D eigenvalue weighted by Gasteiger charge is -2.33. The maximum Gasteiger partial charge on any atom is 0.261 e. The summed E-state index contributed by atoms with van der Waals surface area (Å²) in [5.74, 6) is 0.751. The van der Waals surface area contributed by atoms with Crippen molar-refractivity contribution < 1.29 is 0 Å². The van der Waals surface area contributed by atoms with Gasteiger partial charge in [0.2, 0.25) is 0 Å². The van der Waals surface area contributed by atoms with Crippen LogP contribution in [0.1, 0.15) is 31.6 Å². The number of alkyl halides is 2. The second-order valence-corrected chi connectivity index (χ2v) is 8.90. The Balaban J connectivity index is 2.24. The summed E-state index contributed by atoms with van der Waals surface area (Å²) in [5.41, 5.74) is 1.59.